The summed E-state index contributed by atoms with van der Waals surface area (Å²) < 4.78 is 51.4. The van der Waals surface area contributed by atoms with Crippen LogP contribution in [0.25, 0.3) is 0 Å². The Labute approximate surface area is 285 Å². The van der Waals surface area contributed by atoms with Crippen molar-refractivity contribution in [2.24, 2.45) is 0 Å². The number of methoxy groups -OCH3 is 4. The number of hydrogen-bond donors (Lipinski definition) is 1. The Kier molecular flexibility index (Phi) is 12.1. The summed E-state index contributed by atoms with van der Waals surface area (Å²) in [4.78, 5) is 29.0. The Morgan fingerprint density at radius 1 is 0.872 bits per heavy atom. The normalized spacial score (nSPS) is 13.9. The van der Waals surface area contributed by atoms with Gasteiger partial charge in [0.15, 0.2) is 11.5 Å². The predicted octanol–water partition coefficient (Wildman–Crippen LogP) is 5.70. The van der Waals surface area contributed by atoms with E-state index in [2.05, 4.69) is 5.32 Å². The first-order valence-electron chi connectivity index (χ1n) is 14.9. The molecule has 0 heterocycles. The van der Waals surface area contributed by atoms with E-state index in [1.807, 2.05) is 0 Å². The van der Waals surface area contributed by atoms with Crippen molar-refractivity contribution >= 4 is 50.7 Å². The van der Waals surface area contributed by atoms with E-state index >= 15 is 0 Å². The summed E-state index contributed by atoms with van der Waals surface area (Å²) in [6, 6.07) is 12.6. The van der Waals surface area contributed by atoms with Crippen molar-refractivity contribution in [3.05, 3.63) is 70.2 Å². The summed E-state index contributed by atoms with van der Waals surface area (Å²) in [5.41, 5.74) is 0.570. The van der Waals surface area contributed by atoms with Gasteiger partial charge in [0.2, 0.25) is 11.8 Å². The Morgan fingerprint density at radius 3 is 2.15 bits per heavy atom. The molecule has 0 aromatic heterocycles. The molecule has 0 spiro atoms. The van der Waals surface area contributed by atoms with Crippen molar-refractivity contribution in [3.8, 4) is 23.0 Å². The maximum atomic E-state index is 14.5. The highest BCUT2D eigenvalue weighted by Crippen LogP contribution is 2.38. The summed E-state index contributed by atoms with van der Waals surface area (Å²) in [6.07, 6.45) is 3.71. The van der Waals surface area contributed by atoms with E-state index in [1.165, 1.54) is 57.6 Å². The molecule has 1 unspecified atom stereocenters. The van der Waals surface area contributed by atoms with Crippen LogP contribution in [0.3, 0.4) is 0 Å². The molecule has 1 aliphatic rings. The van der Waals surface area contributed by atoms with Crippen molar-refractivity contribution < 1.29 is 37.0 Å². The highest BCUT2D eigenvalue weighted by molar-refractivity contribution is 7.92. The highest BCUT2D eigenvalue weighted by Gasteiger charge is 2.35. The van der Waals surface area contributed by atoms with E-state index in [0.29, 0.717) is 27.1 Å². The zero-order chi connectivity index (χ0) is 34.3. The van der Waals surface area contributed by atoms with Gasteiger partial charge in [-0.15, -0.1) is 0 Å². The van der Waals surface area contributed by atoms with Crippen LogP contribution in [-0.2, 0) is 26.2 Å². The molecule has 1 fully saturated rings. The number of anilines is 1. The van der Waals surface area contributed by atoms with Crippen LogP contribution in [0.1, 0.15) is 38.2 Å². The van der Waals surface area contributed by atoms with Gasteiger partial charge >= 0.3 is 0 Å². The number of carbonyl (C=O) groups is 2. The lowest BCUT2D eigenvalue weighted by molar-refractivity contribution is -0.139. The maximum absolute atomic E-state index is 14.5. The van der Waals surface area contributed by atoms with Crippen LogP contribution in [0, 0.1) is 0 Å². The second kappa shape index (κ2) is 15.8. The molecule has 14 heteroatoms. The lowest BCUT2D eigenvalue weighted by atomic mass is 10.1. The minimum atomic E-state index is -4.48. The second-order valence-electron chi connectivity index (χ2n) is 11.0. The van der Waals surface area contributed by atoms with Crippen LogP contribution in [-0.4, -0.2) is 72.2 Å². The summed E-state index contributed by atoms with van der Waals surface area (Å²) in [5.74, 6) is -0.0331. The number of nitrogens with one attached hydrogen (secondary N) is 1. The average molecular weight is 709 g/mol. The van der Waals surface area contributed by atoms with Gasteiger partial charge in [0.25, 0.3) is 10.0 Å². The molecular formula is C33H39Cl2N3O8S. The molecule has 3 aromatic carbocycles. The third-order valence-corrected chi connectivity index (χ3v) is 10.4. The molecule has 11 nitrogen and oxygen atoms in total. The number of hydrogen-bond acceptors (Lipinski definition) is 8. The highest BCUT2D eigenvalue weighted by atomic mass is 35.5. The van der Waals surface area contributed by atoms with Gasteiger partial charge in [-0.2, -0.15) is 0 Å². The Hall–Kier alpha value is -3.87. The van der Waals surface area contributed by atoms with Gasteiger partial charge in [0.05, 0.1) is 39.0 Å². The van der Waals surface area contributed by atoms with Crippen molar-refractivity contribution in [2.75, 3.05) is 39.3 Å². The molecule has 1 saturated carbocycles. The average Bonchev–Trinajstić information content (AvgIpc) is 3.58. The van der Waals surface area contributed by atoms with E-state index in [1.54, 1.807) is 37.3 Å². The third-order valence-electron chi connectivity index (χ3n) is 8.10. The zero-order valence-electron chi connectivity index (χ0n) is 26.9. The fraction of sp³-hybridized carbons (Fsp3) is 0.394. The van der Waals surface area contributed by atoms with E-state index in [0.717, 1.165) is 30.0 Å². The standard InChI is InChI=1S/C33H39Cl2N3O8S/c1-21(33(40)36-24-8-6-7-9-24)37(19-22-10-11-23(34)16-27(22)35)32(39)20-38(28-17-25(43-2)12-14-29(28)44-3)47(41,42)26-13-15-30(45-4)31(18-26)46-5/h10-18,21,24H,6-9,19-20H2,1-5H3,(H,36,40). The zero-order valence-corrected chi connectivity index (χ0v) is 29.2. The van der Waals surface area contributed by atoms with Gasteiger partial charge in [-0.05, 0) is 61.7 Å². The molecule has 1 atom stereocenters. The fourth-order valence-corrected chi connectivity index (χ4v) is 7.32. The SMILES string of the molecule is COc1ccc(OC)c(N(CC(=O)N(Cc2ccc(Cl)cc2Cl)C(C)C(=O)NC2CCCC2)S(=O)(=O)c2ccc(OC)c(OC)c2)c1. The lowest BCUT2D eigenvalue weighted by Gasteiger charge is -2.33. The third kappa shape index (κ3) is 8.35. The summed E-state index contributed by atoms with van der Waals surface area (Å²) in [7, 11) is 1.17. The van der Waals surface area contributed by atoms with Crippen LogP contribution in [0.2, 0.25) is 10.0 Å². The van der Waals surface area contributed by atoms with Crippen LogP contribution in [0.15, 0.2) is 59.5 Å². The topological polar surface area (TPSA) is 124 Å². The largest absolute Gasteiger partial charge is 0.497 e. The van der Waals surface area contributed by atoms with Gasteiger partial charge < -0.3 is 29.2 Å². The lowest BCUT2D eigenvalue weighted by Crippen LogP contribution is -2.52. The minimum absolute atomic E-state index is 0.00370. The second-order valence-corrected chi connectivity index (χ2v) is 13.7. The number of sulfonamides is 1. The first kappa shape index (κ1) is 36.0. The molecular weight excluding hydrogens is 669 g/mol. The number of carbonyl (C=O) groups excluding carboxylic acids is 2. The quantitative estimate of drug-likeness (QED) is 0.226. The molecule has 0 saturated heterocycles. The van der Waals surface area contributed by atoms with Crippen molar-refractivity contribution in [2.45, 2.75) is 56.1 Å². The number of halogens is 2. The van der Waals surface area contributed by atoms with Crippen LogP contribution < -0.4 is 28.6 Å². The Morgan fingerprint density at radius 2 is 1.53 bits per heavy atom. The predicted molar refractivity (Wildman–Crippen MR) is 180 cm³/mol. The molecule has 0 bridgehead atoms. The summed E-state index contributed by atoms with van der Waals surface area (Å²) in [5, 5.41) is 3.74. The maximum Gasteiger partial charge on any atom is 0.265 e. The molecule has 4 rings (SSSR count). The monoisotopic (exact) mass is 707 g/mol. The van der Waals surface area contributed by atoms with Gasteiger partial charge in [0.1, 0.15) is 24.1 Å². The minimum Gasteiger partial charge on any atom is -0.497 e. The summed E-state index contributed by atoms with van der Waals surface area (Å²) >= 11 is 12.6. The molecule has 1 aliphatic carbocycles. The number of ether oxygens (including phenoxy) is 4. The van der Waals surface area contributed by atoms with Crippen molar-refractivity contribution in [3.63, 3.8) is 0 Å². The molecule has 0 aliphatic heterocycles. The number of nitrogens with zero attached hydrogens (tertiary/aromatic N) is 2. The van der Waals surface area contributed by atoms with Crippen LogP contribution in [0.4, 0.5) is 5.69 Å². The van der Waals surface area contributed by atoms with E-state index in [4.69, 9.17) is 42.1 Å². The van der Waals surface area contributed by atoms with Crippen LogP contribution in [0.5, 0.6) is 23.0 Å². The van der Waals surface area contributed by atoms with E-state index < -0.39 is 28.5 Å². The van der Waals surface area contributed by atoms with Gasteiger partial charge in [-0.1, -0.05) is 42.1 Å². The summed E-state index contributed by atoms with van der Waals surface area (Å²) in [6.45, 7) is 0.811. The molecule has 254 valence electrons. The molecule has 1 N–H and O–H groups in total. The number of amides is 2. The first-order valence-corrected chi connectivity index (χ1v) is 17.1. The number of benzene rings is 3. The fourth-order valence-electron chi connectivity index (χ4n) is 5.42. The van der Waals surface area contributed by atoms with E-state index in [9.17, 15) is 18.0 Å². The van der Waals surface area contributed by atoms with Crippen molar-refractivity contribution in [1.82, 2.24) is 10.2 Å². The van der Waals surface area contributed by atoms with Gasteiger partial charge in [-0.25, -0.2) is 8.42 Å². The van der Waals surface area contributed by atoms with Crippen molar-refractivity contribution in [1.29, 1.82) is 0 Å². The smallest absolute Gasteiger partial charge is 0.265 e. The Bertz CT molecular complexity index is 1700. The molecule has 2 amide bonds. The molecule has 0 radical (unpaired) electrons. The van der Waals surface area contributed by atoms with Crippen LogP contribution >= 0.6 is 23.2 Å². The van der Waals surface area contributed by atoms with Gasteiger partial charge in [0, 0.05) is 34.8 Å². The number of rotatable bonds is 14. The Balaban J connectivity index is 1.81. The first-order chi connectivity index (χ1) is 22.4. The van der Waals surface area contributed by atoms with Gasteiger partial charge in [-0.3, -0.25) is 13.9 Å². The molecule has 47 heavy (non-hydrogen) atoms. The molecule has 3 aromatic rings. The van der Waals surface area contributed by atoms with E-state index in [-0.39, 0.29) is 40.6 Å².